The van der Waals surface area contributed by atoms with Crippen molar-refractivity contribution in [2.24, 2.45) is 5.92 Å². The van der Waals surface area contributed by atoms with Gasteiger partial charge >= 0.3 is 0 Å². The Morgan fingerprint density at radius 3 is 2.07 bits per heavy atom. The highest BCUT2D eigenvalue weighted by Gasteiger charge is 2.15. The molecule has 0 bridgehead atoms. The van der Waals surface area contributed by atoms with E-state index in [-0.39, 0.29) is 0 Å². The Morgan fingerprint density at radius 1 is 1.07 bits per heavy atom. The first kappa shape index (κ1) is 11.0. The SMILES string of the molecule is Cc1nc(C(C)C(C)C)nc(N)c1C. The fourth-order valence-electron chi connectivity index (χ4n) is 1.18. The van der Waals surface area contributed by atoms with E-state index in [4.69, 9.17) is 5.73 Å². The smallest absolute Gasteiger partial charge is 0.134 e. The van der Waals surface area contributed by atoms with E-state index in [1.807, 2.05) is 13.8 Å². The van der Waals surface area contributed by atoms with Gasteiger partial charge in [0.15, 0.2) is 0 Å². The van der Waals surface area contributed by atoms with Gasteiger partial charge in [0.1, 0.15) is 11.6 Å². The summed E-state index contributed by atoms with van der Waals surface area (Å²) in [4.78, 5) is 8.78. The zero-order valence-electron chi connectivity index (χ0n) is 9.63. The van der Waals surface area contributed by atoms with Gasteiger partial charge in [-0.3, -0.25) is 0 Å². The quantitative estimate of drug-likeness (QED) is 0.784. The molecule has 0 aromatic carbocycles. The van der Waals surface area contributed by atoms with Crippen LogP contribution in [0.4, 0.5) is 5.82 Å². The van der Waals surface area contributed by atoms with Crippen LogP contribution in [-0.2, 0) is 0 Å². The van der Waals surface area contributed by atoms with Gasteiger partial charge < -0.3 is 5.73 Å². The zero-order valence-corrected chi connectivity index (χ0v) is 9.63. The van der Waals surface area contributed by atoms with E-state index in [9.17, 15) is 0 Å². The Hall–Kier alpha value is -1.12. The molecule has 1 atom stereocenters. The summed E-state index contributed by atoms with van der Waals surface area (Å²) in [5, 5.41) is 0. The summed E-state index contributed by atoms with van der Waals surface area (Å²) in [6.07, 6.45) is 0. The fraction of sp³-hybridized carbons (Fsp3) is 0.636. The van der Waals surface area contributed by atoms with Crippen LogP contribution in [0.5, 0.6) is 0 Å². The average Bonchev–Trinajstić information content (AvgIpc) is 2.12. The Kier molecular flexibility index (Phi) is 3.09. The average molecular weight is 193 g/mol. The Labute approximate surface area is 85.8 Å². The third-order valence-corrected chi connectivity index (χ3v) is 2.85. The van der Waals surface area contributed by atoms with Crippen molar-refractivity contribution in [3.8, 4) is 0 Å². The molecular formula is C11H19N3. The molecule has 2 N–H and O–H groups in total. The first-order chi connectivity index (χ1) is 6.43. The molecule has 0 spiro atoms. The number of hydrogen-bond acceptors (Lipinski definition) is 3. The Morgan fingerprint density at radius 2 is 1.64 bits per heavy atom. The molecule has 78 valence electrons. The second-order valence-electron chi connectivity index (χ2n) is 4.21. The molecule has 0 aliphatic carbocycles. The van der Waals surface area contributed by atoms with Crippen LogP contribution >= 0.6 is 0 Å². The van der Waals surface area contributed by atoms with E-state index >= 15 is 0 Å². The van der Waals surface area contributed by atoms with E-state index in [2.05, 4.69) is 30.7 Å². The normalized spacial score (nSPS) is 13.3. The third kappa shape index (κ3) is 2.03. The van der Waals surface area contributed by atoms with Crippen molar-refractivity contribution in [3.05, 3.63) is 17.1 Å². The zero-order chi connectivity index (χ0) is 10.9. The second-order valence-corrected chi connectivity index (χ2v) is 4.21. The minimum atomic E-state index is 0.358. The van der Waals surface area contributed by atoms with Gasteiger partial charge in [-0.1, -0.05) is 20.8 Å². The maximum Gasteiger partial charge on any atom is 0.134 e. The van der Waals surface area contributed by atoms with Crippen molar-refractivity contribution in [2.75, 3.05) is 5.73 Å². The topological polar surface area (TPSA) is 51.8 Å². The Balaban J connectivity index is 3.12. The molecule has 1 aromatic heterocycles. The maximum absolute atomic E-state index is 5.81. The molecule has 1 aromatic rings. The lowest BCUT2D eigenvalue weighted by Gasteiger charge is -2.15. The van der Waals surface area contributed by atoms with Crippen LogP contribution in [0, 0.1) is 19.8 Å². The van der Waals surface area contributed by atoms with Crippen LogP contribution in [0.2, 0.25) is 0 Å². The summed E-state index contributed by atoms with van der Waals surface area (Å²) in [5.41, 5.74) is 7.78. The van der Waals surface area contributed by atoms with Gasteiger partial charge in [0, 0.05) is 17.2 Å². The summed E-state index contributed by atoms with van der Waals surface area (Å²) < 4.78 is 0. The number of rotatable bonds is 2. The number of aryl methyl sites for hydroxylation is 1. The van der Waals surface area contributed by atoms with Crippen LogP contribution in [-0.4, -0.2) is 9.97 Å². The minimum Gasteiger partial charge on any atom is -0.383 e. The van der Waals surface area contributed by atoms with Crippen molar-refractivity contribution in [3.63, 3.8) is 0 Å². The monoisotopic (exact) mass is 193 g/mol. The molecule has 1 unspecified atom stereocenters. The standard InChI is InChI=1S/C11H19N3/c1-6(2)7(3)11-13-9(5)8(4)10(12)14-11/h6-7H,1-5H3,(H2,12,13,14). The maximum atomic E-state index is 5.81. The molecule has 0 aliphatic heterocycles. The Bertz CT molecular complexity index is 308. The van der Waals surface area contributed by atoms with Crippen molar-refractivity contribution < 1.29 is 0 Å². The summed E-state index contributed by atoms with van der Waals surface area (Å²) in [5.74, 6) is 2.37. The van der Waals surface area contributed by atoms with Gasteiger partial charge in [-0.15, -0.1) is 0 Å². The van der Waals surface area contributed by atoms with Gasteiger partial charge in [-0.2, -0.15) is 0 Å². The predicted molar refractivity (Wildman–Crippen MR) is 59.2 cm³/mol. The number of nitrogens with zero attached hydrogens (tertiary/aromatic N) is 2. The van der Waals surface area contributed by atoms with Crippen molar-refractivity contribution in [1.29, 1.82) is 0 Å². The highest BCUT2D eigenvalue weighted by Crippen LogP contribution is 2.22. The lowest BCUT2D eigenvalue weighted by atomic mass is 9.97. The molecule has 0 saturated heterocycles. The molecule has 3 heteroatoms. The molecule has 0 fully saturated rings. The van der Waals surface area contributed by atoms with Gasteiger partial charge in [0.2, 0.25) is 0 Å². The van der Waals surface area contributed by atoms with Crippen LogP contribution in [0.3, 0.4) is 0 Å². The summed E-state index contributed by atoms with van der Waals surface area (Å²) >= 11 is 0. The molecule has 0 saturated carbocycles. The van der Waals surface area contributed by atoms with E-state index in [1.165, 1.54) is 0 Å². The van der Waals surface area contributed by atoms with Gasteiger partial charge in [0.05, 0.1) is 0 Å². The molecule has 1 heterocycles. The third-order valence-electron chi connectivity index (χ3n) is 2.85. The number of aromatic nitrogens is 2. The van der Waals surface area contributed by atoms with E-state index in [0.29, 0.717) is 17.7 Å². The van der Waals surface area contributed by atoms with Crippen LogP contribution in [0.15, 0.2) is 0 Å². The molecule has 0 amide bonds. The number of hydrogen-bond donors (Lipinski definition) is 1. The van der Waals surface area contributed by atoms with Crippen molar-refractivity contribution >= 4 is 5.82 Å². The minimum absolute atomic E-state index is 0.358. The summed E-state index contributed by atoms with van der Waals surface area (Å²) in [6.45, 7) is 10.4. The fourth-order valence-corrected chi connectivity index (χ4v) is 1.18. The molecular weight excluding hydrogens is 174 g/mol. The summed E-state index contributed by atoms with van der Waals surface area (Å²) in [6, 6.07) is 0. The van der Waals surface area contributed by atoms with E-state index in [1.54, 1.807) is 0 Å². The predicted octanol–water partition coefficient (Wildman–Crippen LogP) is 2.44. The van der Waals surface area contributed by atoms with Gasteiger partial charge in [0.25, 0.3) is 0 Å². The lowest BCUT2D eigenvalue weighted by molar-refractivity contribution is 0.509. The van der Waals surface area contributed by atoms with Gasteiger partial charge in [-0.25, -0.2) is 9.97 Å². The van der Waals surface area contributed by atoms with Crippen LogP contribution < -0.4 is 5.73 Å². The van der Waals surface area contributed by atoms with Crippen molar-refractivity contribution in [1.82, 2.24) is 9.97 Å². The first-order valence-electron chi connectivity index (χ1n) is 5.04. The number of anilines is 1. The number of nitrogen functional groups attached to an aromatic ring is 1. The molecule has 1 rings (SSSR count). The summed E-state index contributed by atoms with van der Waals surface area (Å²) in [7, 11) is 0. The van der Waals surface area contributed by atoms with E-state index in [0.717, 1.165) is 17.1 Å². The highest BCUT2D eigenvalue weighted by molar-refractivity contribution is 5.40. The van der Waals surface area contributed by atoms with E-state index < -0.39 is 0 Å². The molecule has 3 nitrogen and oxygen atoms in total. The highest BCUT2D eigenvalue weighted by atomic mass is 15.0. The molecule has 0 aliphatic rings. The van der Waals surface area contributed by atoms with Gasteiger partial charge in [-0.05, 0) is 19.8 Å². The number of nitrogens with two attached hydrogens (primary N) is 1. The largest absolute Gasteiger partial charge is 0.383 e. The second kappa shape index (κ2) is 3.95. The first-order valence-corrected chi connectivity index (χ1v) is 5.04. The molecule has 14 heavy (non-hydrogen) atoms. The molecule has 0 radical (unpaired) electrons. The van der Waals surface area contributed by atoms with Crippen LogP contribution in [0.1, 0.15) is 43.8 Å². The van der Waals surface area contributed by atoms with Crippen LogP contribution in [0.25, 0.3) is 0 Å². The van der Waals surface area contributed by atoms with Crippen molar-refractivity contribution in [2.45, 2.75) is 40.5 Å². The lowest BCUT2D eigenvalue weighted by Crippen LogP contribution is -2.11.